The van der Waals surface area contributed by atoms with E-state index in [1.165, 1.54) is 0 Å². The third kappa shape index (κ3) is 3.28. The second-order valence-electron chi connectivity index (χ2n) is 4.34. The number of nitrogens with zero attached hydrogens (tertiary/aromatic N) is 2. The predicted molar refractivity (Wildman–Crippen MR) is 75.4 cm³/mol. The van der Waals surface area contributed by atoms with Gasteiger partial charge >= 0.3 is 0 Å². The Morgan fingerprint density at radius 1 is 1.16 bits per heavy atom. The quantitative estimate of drug-likeness (QED) is 0.884. The van der Waals surface area contributed by atoms with Gasteiger partial charge in [-0.1, -0.05) is 0 Å². The van der Waals surface area contributed by atoms with Gasteiger partial charge in [-0.15, -0.1) is 0 Å². The average Bonchev–Trinajstić information content (AvgIpc) is 2.38. The Hall–Kier alpha value is -2.43. The van der Waals surface area contributed by atoms with E-state index in [4.69, 9.17) is 0 Å². The molecule has 98 valence electrons. The minimum absolute atomic E-state index is 0.172. The van der Waals surface area contributed by atoms with Crippen LogP contribution in [0.2, 0.25) is 0 Å². The fourth-order valence-electron chi connectivity index (χ4n) is 1.75. The van der Waals surface area contributed by atoms with Gasteiger partial charge in [-0.25, -0.2) is 4.98 Å². The second-order valence-corrected chi connectivity index (χ2v) is 4.34. The summed E-state index contributed by atoms with van der Waals surface area (Å²) in [6.45, 7) is 3.78. The molecule has 0 spiro atoms. The summed E-state index contributed by atoms with van der Waals surface area (Å²) in [4.78, 5) is 20.4. The van der Waals surface area contributed by atoms with E-state index in [0.29, 0.717) is 17.1 Å². The lowest BCUT2D eigenvalue weighted by atomic mass is 10.2. The topological polar surface area (TPSA) is 66.9 Å². The van der Waals surface area contributed by atoms with Crippen LogP contribution in [0.25, 0.3) is 0 Å². The van der Waals surface area contributed by atoms with Crippen molar-refractivity contribution < 1.29 is 4.79 Å². The smallest absolute Gasteiger partial charge is 0.255 e. The summed E-state index contributed by atoms with van der Waals surface area (Å²) in [5.41, 5.74) is 3.04. The van der Waals surface area contributed by atoms with Gasteiger partial charge in [0.15, 0.2) is 0 Å². The summed E-state index contributed by atoms with van der Waals surface area (Å²) >= 11 is 0. The van der Waals surface area contributed by atoms with E-state index in [9.17, 15) is 4.79 Å². The van der Waals surface area contributed by atoms with Crippen molar-refractivity contribution in [3.05, 3.63) is 47.4 Å². The molecular weight excluding hydrogens is 240 g/mol. The lowest BCUT2D eigenvalue weighted by Crippen LogP contribution is -2.13. The summed E-state index contributed by atoms with van der Waals surface area (Å²) in [6, 6.07) is 5.34. The van der Waals surface area contributed by atoms with E-state index in [0.717, 1.165) is 11.3 Å². The number of carbonyl (C=O) groups excluding carboxylic acids is 1. The van der Waals surface area contributed by atoms with Gasteiger partial charge in [0.05, 0.1) is 11.9 Å². The molecule has 2 aromatic rings. The number of carbonyl (C=O) groups is 1. The Kier molecular flexibility index (Phi) is 3.75. The zero-order valence-electron chi connectivity index (χ0n) is 11.2. The average molecular weight is 256 g/mol. The number of aryl methyl sites for hydroxylation is 2. The maximum Gasteiger partial charge on any atom is 0.255 e. The molecule has 2 heterocycles. The summed E-state index contributed by atoms with van der Waals surface area (Å²) in [6.07, 6.45) is 3.36. The molecule has 0 saturated heterocycles. The van der Waals surface area contributed by atoms with E-state index in [1.54, 1.807) is 31.6 Å². The summed E-state index contributed by atoms with van der Waals surface area (Å²) < 4.78 is 0. The molecular formula is C14H16N4O. The first kappa shape index (κ1) is 13.0. The standard InChI is InChI=1S/C14H16N4O/c1-9-4-12(8-16-7-9)18-14(19)11-5-10(2)17-13(6-11)15-3/h4-8H,1-3H3,(H,15,17)(H,18,19). The van der Waals surface area contributed by atoms with Crippen LogP contribution >= 0.6 is 0 Å². The van der Waals surface area contributed by atoms with Gasteiger partial charge in [0, 0.05) is 24.5 Å². The molecule has 5 heteroatoms. The number of pyridine rings is 2. The molecule has 0 aliphatic heterocycles. The number of anilines is 2. The van der Waals surface area contributed by atoms with Crippen molar-refractivity contribution in [2.24, 2.45) is 0 Å². The van der Waals surface area contributed by atoms with Crippen LogP contribution in [0.15, 0.2) is 30.6 Å². The van der Waals surface area contributed by atoms with Crippen LogP contribution in [0.3, 0.4) is 0 Å². The Labute approximate surface area is 112 Å². The SMILES string of the molecule is CNc1cc(C(=O)Nc2cncc(C)c2)cc(C)n1. The van der Waals surface area contributed by atoms with Gasteiger partial charge in [0.2, 0.25) is 0 Å². The molecule has 2 aromatic heterocycles. The van der Waals surface area contributed by atoms with Gasteiger partial charge < -0.3 is 10.6 Å². The van der Waals surface area contributed by atoms with Gasteiger partial charge in [-0.3, -0.25) is 9.78 Å². The lowest BCUT2D eigenvalue weighted by Gasteiger charge is -2.08. The molecule has 19 heavy (non-hydrogen) atoms. The van der Waals surface area contributed by atoms with E-state index in [2.05, 4.69) is 20.6 Å². The molecule has 2 N–H and O–H groups in total. The lowest BCUT2D eigenvalue weighted by molar-refractivity contribution is 0.102. The van der Waals surface area contributed by atoms with Crippen molar-refractivity contribution in [1.82, 2.24) is 9.97 Å². The molecule has 0 bridgehead atoms. The van der Waals surface area contributed by atoms with Crippen LogP contribution in [0.4, 0.5) is 11.5 Å². The van der Waals surface area contributed by atoms with Crippen molar-refractivity contribution in [2.45, 2.75) is 13.8 Å². The largest absolute Gasteiger partial charge is 0.373 e. The number of hydrogen-bond donors (Lipinski definition) is 2. The third-order valence-corrected chi connectivity index (χ3v) is 2.60. The van der Waals surface area contributed by atoms with Crippen LogP contribution in [0.5, 0.6) is 0 Å². The molecule has 0 aliphatic rings. The van der Waals surface area contributed by atoms with Crippen molar-refractivity contribution >= 4 is 17.4 Å². The zero-order valence-corrected chi connectivity index (χ0v) is 11.2. The Balaban J connectivity index is 2.22. The Morgan fingerprint density at radius 2 is 1.95 bits per heavy atom. The molecule has 5 nitrogen and oxygen atoms in total. The highest BCUT2D eigenvalue weighted by atomic mass is 16.1. The minimum Gasteiger partial charge on any atom is -0.373 e. The first-order chi connectivity index (χ1) is 9.08. The predicted octanol–water partition coefficient (Wildman–Crippen LogP) is 2.39. The van der Waals surface area contributed by atoms with Crippen LogP contribution < -0.4 is 10.6 Å². The first-order valence-electron chi connectivity index (χ1n) is 5.98. The molecule has 1 amide bonds. The van der Waals surface area contributed by atoms with Crippen LogP contribution in [0, 0.1) is 13.8 Å². The maximum atomic E-state index is 12.2. The number of rotatable bonds is 3. The highest BCUT2D eigenvalue weighted by Gasteiger charge is 2.09. The fourth-order valence-corrected chi connectivity index (χ4v) is 1.75. The number of aromatic nitrogens is 2. The molecule has 2 rings (SSSR count). The van der Waals surface area contributed by atoms with Crippen molar-refractivity contribution in [3.63, 3.8) is 0 Å². The van der Waals surface area contributed by atoms with E-state index in [1.807, 2.05) is 19.9 Å². The van der Waals surface area contributed by atoms with Crippen molar-refractivity contribution in [3.8, 4) is 0 Å². The van der Waals surface area contributed by atoms with Gasteiger partial charge in [0.25, 0.3) is 5.91 Å². The highest BCUT2D eigenvalue weighted by Crippen LogP contribution is 2.13. The van der Waals surface area contributed by atoms with Gasteiger partial charge in [-0.2, -0.15) is 0 Å². The highest BCUT2D eigenvalue weighted by molar-refractivity contribution is 6.04. The molecule has 0 aliphatic carbocycles. The maximum absolute atomic E-state index is 12.2. The normalized spacial score (nSPS) is 10.1. The van der Waals surface area contributed by atoms with E-state index >= 15 is 0 Å². The molecule has 0 aromatic carbocycles. The monoisotopic (exact) mass is 256 g/mol. The molecule has 0 radical (unpaired) electrons. The summed E-state index contributed by atoms with van der Waals surface area (Å²) in [7, 11) is 1.77. The number of hydrogen-bond acceptors (Lipinski definition) is 4. The van der Waals surface area contributed by atoms with Crippen LogP contribution in [-0.2, 0) is 0 Å². The first-order valence-corrected chi connectivity index (χ1v) is 5.98. The van der Waals surface area contributed by atoms with Crippen LogP contribution in [-0.4, -0.2) is 22.9 Å². The molecule has 0 fully saturated rings. The van der Waals surface area contributed by atoms with Crippen molar-refractivity contribution in [2.75, 3.05) is 17.7 Å². The Morgan fingerprint density at radius 3 is 2.63 bits per heavy atom. The van der Waals surface area contributed by atoms with E-state index < -0.39 is 0 Å². The number of amides is 1. The molecule has 0 saturated carbocycles. The van der Waals surface area contributed by atoms with Crippen molar-refractivity contribution in [1.29, 1.82) is 0 Å². The Bertz CT molecular complexity index is 610. The summed E-state index contributed by atoms with van der Waals surface area (Å²) in [5.74, 6) is 0.502. The zero-order chi connectivity index (χ0) is 13.8. The second kappa shape index (κ2) is 5.48. The van der Waals surface area contributed by atoms with Gasteiger partial charge in [0.1, 0.15) is 5.82 Å². The van der Waals surface area contributed by atoms with Crippen LogP contribution in [0.1, 0.15) is 21.6 Å². The van der Waals surface area contributed by atoms with Gasteiger partial charge in [-0.05, 0) is 37.6 Å². The minimum atomic E-state index is -0.172. The molecule has 0 unspecified atom stereocenters. The van der Waals surface area contributed by atoms with E-state index in [-0.39, 0.29) is 5.91 Å². The fraction of sp³-hybridized carbons (Fsp3) is 0.214. The third-order valence-electron chi connectivity index (χ3n) is 2.60. The summed E-state index contributed by atoms with van der Waals surface area (Å²) in [5, 5.41) is 5.75. The molecule has 0 atom stereocenters. The number of nitrogens with one attached hydrogen (secondary N) is 2.